The SMILES string of the molecule is COC1(OC)CC[C@@]23O[C@@]2(CCC2C3=CC[C@@]3(C)C2CC[C@@]3(COCOCOC[C@]2(OC)CCC3C4CC[C@@]56CC(OC)(OC)CC[C@@]5(O6)C4=CC[C@@]32C)OC)C1. The molecule has 0 N–H and O–H groups in total. The lowest BCUT2D eigenvalue weighted by Crippen LogP contribution is -2.56. The molecule has 2 heterocycles. The number of allylic oxidation sites excluding steroid dienone is 2. The van der Waals surface area contributed by atoms with Crippen molar-refractivity contribution in [2.45, 2.75) is 162 Å². The zero-order chi connectivity index (χ0) is 39.8. The van der Waals surface area contributed by atoms with E-state index in [1.807, 2.05) is 14.2 Å². The highest BCUT2D eigenvalue weighted by Gasteiger charge is 2.81. The molecule has 2 aliphatic heterocycles. The van der Waals surface area contributed by atoms with Crippen LogP contribution in [0.3, 0.4) is 0 Å². The average molecular weight is 799 g/mol. The summed E-state index contributed by atoms with van der Waals surface area (Å²) in [6.07, 6.45) is 20.9. The predicted octanol–water partition coefficient (Wildman–Crippen LogP) is 7.40. The van der Waals surface area contributed by atoms with Crippen LogP contribution >= 0.6 is 0 Å². The molecule has 0 aromatic carbocycles. The summed E-state index contributed by atoms with van der Waals surface area (Å²) in [6, 6.07) is 0. The molecule has 10 aliphatic rings. The highest BCUT2D eigenvalue weighted by Crippen LogP contribution is 2.76. The summed E-state index contributed by atoms with van der Waals surface area (Å²) in [4.78, 5) is 0. The summed E-state index contributed by atoms with van der Waals surface area (Å²) < 4.78 is 68.9. The van der Waals surface area contributed by atoms with E-state index in [-0.39, 0.29) is 58.0 Å². The second kappa shape index (κ2) is 13.3. The van der Waals surface area contributed by atoms with Crippen LogP contribution in [0.5, 0.6) is 0 Å². The average Bonchev–Trinajstić information content (AvgIpc) is 4.05. The van der Waals surface area contributed by atoms with Gasteiger partial charge in [0.1, 0.15) is 36.0 Å². The summed E-state index contributed by atoms with van der Waals surface area (Å²) in [5.41, 5.74) is 1.76. The van der Waals surface area contributed by atoms with Crippen molar-refractivity contribution in [3.05, 3.63) is 23.3 Å². The van der Waals surface area contributed by atoms with E-state index in [2.05, 4.69) is 26.0 Å². The Morgan fingerprint density at radius 1 is 0.509 bits per heavy atom. The van der Waals surface area contributed by atoms with Gasteiger partial charge in [-0.1, -0.05) is 26.0 Å². The third kappa shape index (κ3) is 5.05. The molecule has 8 fully saturated rings. The Hall–Kier alpha value is -0.960. The molecule has 0 bridgehead atoms. The summed E-state index contributed by atoms with van der Waals surface area (Å²) >= 11 is 0. The van der Waals surface area contributed by atoms with Gasteiger partial charge in [0.05, 0.1) is 24.4 Å². The van der Waals surface area contributed by atoms with Crippen LogP contribution in [-0.4, -0.2) is 115 Å². The summed E-state index contributed by atoms with van der Waals surface area (Å²) in [5.74, 6) is 1.04. The minimum Gasteiger partial charge on any atom is -0.375 e. The second-order valence-electron chi connectivity index (χ2n) is 20.5. The lowest BCUT2D eigenvalue weighted by Gasteiger charge is -2.53. The van der Waals surface area contributed by atoms with Crippen molar-refractivity contribution in [3.8, 4) is 0 Å². The van der Waals surface area contributed by atoms with Crippen molar-refractivity contribution in [2.75, 3.05) is 69.5 Å². The van der Waals surface area contributed by atoms with Crippen LogP contribution in [0.2, 0.25) is 0 Å². The van der Waals surface area contributed by atoms with Crippen molar-refractivity contribution in [1.29, 1.82) is 0 Å². The van der Waals surface area contributed by atoms with Crippen LogP contribution < -0.4 is 0 Å². The van der Waals surface area contributed by atoms with E-state index >= 15 is 0 Å². The van der Waals surface area contributed by atoms with Gasteiger partial charge in [-0.05, 0) is 112 Å². The molecule has 11 nitrogen and oxygen atoms in total. The smallest absolute Gasteiger partial charge is 0.170 e. The van der Waals surface area contributed by atoms with E-state index in [1.54, 1.807) is 39.6 Å². The van der Waals surface area contributed by atoms with Gasteiger partial charge in [0, 0.05) is 79.2 Å². The molecule has 0 amide bonds. The Balaban J connectivity index is 0.737. The maximum absolute atomic E-state index is 6.81. The van der Waals surface area contributed by atoms with Gasteiger partial charge in [0.15, 0.2) is 11.6 Å². The number of epoxide rings is 2. The molecule has 0 radical (unpaired) electrons. The quantitative estimate of drug-likeness (QED) is 0.0760. The van der Waals surface area contributed by atoms with Crippen molar-refractivity contribution in [3.63, 3.8) is 0 Å². The molecule has 11 heteroatoms. The molecule has 6 saturated carbocycles. The summed E-state index contributed by atoms with van der Waals surface area (Å²) in [7, 11) is 10.8. The lowest BCUT2D eigenvalue weighted by atomic mass is 9.53. The van der Waals surface area contributed by atoms with Gasteiger partial charge < -0.3 is 52.1 Å². The van der Waals surface area contributed by atoms with Crippen LogP contribution in [0.1, 0.15) is 117 Å². The fourth-order valence-corrected chi connectivity index (χ4v) is 16.0. The molecule has 8 aliphatic carbocycles. The first-order chi connectivity index (χ1) is 27.4. The zero-order valence-corrected chi connectivity index (χ0v) is 36.1. The highest BCUT2D eigenvalue weighted by atomic mass is 16.7. The molecular formula is C46H70O11. The topological polar surface area (TPSA) is 108 Å². The molecule has 4 unspecified atom stereocenters. The minimum absolute atomic E-state index is 0.0243. The first-order valence-electron chi connectivity index (χ1n) is 22.2. The van der Waals surface area contributed by atoms with Gasteiger partial charge in [-0.15, -0.1) is 0 Å². The van der Waals surface area contributed by atoms with Gasteiger partial charge in [0.2, 0.25) is 0 Å². The number of methoxy groups -OCH3 is 6. The third-order valence-electron chi connectivity index (χ3n) is 19.6. The Labute approximate surface area is 340 Å². The molecule has 2 saturated heterocycles. The molecular weight excluding hydrogens is 728 g/mol. The number of hydrogen-bond acceptors (Lipinski definition) is 11. The fraction of sp³-hybridized carbons (Fsp3) is 0.913. The van der Waals surface area contributed by atoms with Crippen molar-refractivity contribution >= 4 is 0 Å². The van der Waals surface area contributed by atoms with Crippen LogP contribution in [0.4, 0.5) is 0 Å². The Bertz CT molecular complexity index is 1540. The lowest BCUT2D eigenvalue weighted by molar-refractivity contribution is -0.230. The number of hydrogen-bond donors (Lipinski definition) is 0. The highest BCUT2D eigenvalue weighted by molar-refractivity contribution is 5.45. The molecule has 320 valence electrons. The minimum atomic E-state index is -0.533. The fourth-order valence-electron chi connectivity index (χ4n) is 16.0. The normalized spacial score (nSPS) is 50.5. The second-order valence-corrected chi connectivity index (χ2v) is 20.5. The van der Waals surface area contributed by atoms with E-state index in [0.29, 0.717) is 36.9 Å². The largest absolute Gasteiger partial charge is 0.375 e. The Morgan fingerprint density at radius 2 is 0.930 bits per heavy atom. The summed E-state index contributed by atoms with van der Waals surface area (Å²) in [5, 5.41) is 0. The Kier molecular flexibility index (Phi) is 9.35. The van der Waals surface area contributed by atoms with E-state index in [9.17, 15) is 0 Å². The van der Waals surface area contributed by atoms with E-state index in [4.69, 9.17) is 52.1 Å². The van der Waals surface area contributed by atoms with Gasteiger partial charge in [-0.3, -0.25) is 0 Å². The molecule has 0 spiro atoms. The van der Waals surface area contributed by atoms with Gasteiger partial charge >= 0.3 is 0 Å². The number of rotatable bonds is 14. The van der Waals surface area contributed by atoms with E-state index < -0.39 is 11.6 Å². The standard InChI is InChI=1S/C46H70O11/c1-37-15-11-35-31(9-17-39-25-43(49-5,50-6)21-23-45(35,39)56-39)33(37)13-19-41(37,47-3)27-53-29-55-30-54-28-42(48-4)20-14-34-32-10-18-40-26-44(51-7,52-8)22-24-46(40,57-40)36(32)12-16-38(34,42)2/h11-12,31-34H,9-10,13-30H2,1-8H3/t31?,32?,33?,34?,37-,38-,39-,40+,41-,42+,45-,46+/m0/s1. The monoisotopic (exact) mass is 798 g/mol. The van der Waals surface area contributed by atoms with E-state index in [0.717, 1.165) is 103 Å². The van der Waals surface area contributed by atoms with Crippen LogP contribution in [0, 0.1) is 34.5 Å². The zero-order valence-electron chi connectivity index (χ0n) is 36.1. The molecule has 57 heavy (non-hydrogen) atoms. The van der Waals surface area contributed by atoms with Crippen molar-refractivity contribution < 1.29 is 52.1 Å². The van der Waals surface area contributed by atoms with E-state index in [1.165, 1.54) is 0 Å². The van der Waals surface area contributed by atoms with Gasteiger partial charge in [-0.25, -0.2) is 0 Å². The van der Waals surface area contributed by atoms with Gasteiger partial charge in [-0.2, -0.15) is 0 Å². The number of fused-ring (bicyclic) bond motifs is 6. The predicted molar refractivity (Wildman–Crippen MR) is 209 cm³/mol. The first kappa shape index (κ1) is 40.1. The molecule has 0 aromatic rings. The van der Waals surface area contributed by atoms with Gasteiger partial charge in [0.25, 0.3) is 0 Å². The maximum Gasteiger partial charge on any atom is 0.170 e. The maximum atomic E-state index is 6.81. The molecule has 12 atom stereocenters. The first-order valence-corrected chi connectivity index (χ1v) is 22.2. The van der Waals surface area contributed by atoms with Crippen molar-refractivity contribution in [1.82, 2.24) is 0 Å². The molecule has 0 aromatic heterocycles. The van der Waals surface area contributed by atoms with Crippen LogP contribution in [0.25, 0.3) is 0 Å². The number of ether oxygens (including phenoxy) is 11. The summed E-state index contributed by atoms with van der Waals surface area (Å²) in [6.45, 7) is 6.23. The van der Waals surface area contributed by atoms with Crippen molar-refractivity contribution in [2.24, 2.45) is 34.5 Å². The Morgan fingerprint density at radius 3 is 1.32 bits per heavy atom. The van der Waals surface area contributed by atoms with Crippen LogP contribution in [0.15, 0.2) is 23.3 Å². The molecule has 10 rings (SSSR count). The third-order valence-corrected chi connectivity index (χ3v) is 19.6. The van der Waals surface area contributed by atoms with Crippen LogP contribution in [-0.2, 0) is 52.1 Å².